The zero-order chi connectivity index (χ0) is 90.5. The molecule has 13 rings (SSSR count). The largest absolute Gasteiger partial charge is 0.399 e. The van der Waals surface area contributed by atoms with Gasteiger partial charge in [0.1, 0.15) is 34.0 Å². The average Bonchev–Trinajstić information content (AvgIpc) is 1.65. The molecule has 0 atom stereocenters. The van der Waals surface area contributed by atoms with Gasteiger partial charge in [0.15, 0.2) is 14.7 Å². The van der Waals surface area contributed by atoms with Crippen molar-refractivity contribution in [3.05, 3.63) is 243 Å². The number of anilines is 4. The number of nitrogens with one attached hydrogen (secondary N) is 1. The van der Waals surface area contributed by atoms with Crippen LogP contribution in [0.3, 0.4) is 0 Å². The third-order valence-electron chi connectivity index (χ3n) is 16.4. The molecule has 8 aromatic rings. The molecule has 0 saturated heterocycles. The molecule has 7 aromatic carbocycles. The fraction of sp³-hybridized carbons (Fsp3) is 0.234. The first-order valence-electron chi connectivity index (χ1n) is 34.8. The number of thiazole rings is 1. The second-order valence-electron chi connectivity index (χ2n) is 26.7. The number of likely N-dealkylation sites (N-methyl/N-ethyl adjacent to an activating group) is 2. The van der Waals surface area contributed by atoms with Gasteiger partial charge in [-0.25, -0.2) is 32.1 Å². The van der Waals surface area contributed by atoms with Crippen LogP contribution in [0.4, 0.5) is 56.9 Å². The number of aromatic nitrogens is 1. The van der Waals surface area contributed by atoms with E-state index in [1.165, 1.54) is 51.1 Å². The van der Waals surface area contributed by atoms with Crippen LogP contribution in [0.5, 0.6) is 0 Å². The van der Waals surface area contributed by atoms with Crippen molar-refractivity contribution in [2.45, 2.75) is 0 Å². The second kappa shape index (κ2) is 44.2. The van der Waals surface area contributed by atoms with Crippen LogP contribution < -0.4 is 22.5 Å². The number of rotatable bonds is 20. The number of ketones is 2. The van der Waals surface area contributed by atoms with E-state index in [-0.39, 0.29) is 122 Å². The quantitative estimate of drug-likeness (QED) is 0.00448. The maximum absolute atomic E-state index is 14.0. The summed E-state index contributed by atoms with van der Waals surface area (Å²) in [6.07, 6.45) is 0. The van der Waals surface area contributed by atoms with E-state index in [0.717, 1.165) is 77.9 Å². The Labute approximate surface area is 721 Å². The molecular formula is C77H76BrCl2F4N17O17S3. The molecule has 8 amide bonds. The molecule has 34 nitrogen and oxygen atoms in total. The number of imide groups is 4. The number of non-ortho nitro benzene ring substituents is 2. The molecular weight excluding hydrogens is 1760 g/mol. The van der Waals surface area contributed by atoms with E-state index in [1.807, 2.05) is 33.1 Å². The molecule has 44 heteroatoms. The predicted octanol–water partition coefficient (Wildman–Crippen LogP) is 10.7. The van der Waals surface area contributed by atoms with Crippen molar-refractivity contribution in [1.82, 2.24) is 49.1 Å². The highest BCUT2D eigenvalue weighted by molar-refractivity contribution is 9.09. The van der Waals surface area contributed by atoms with Crippen LogP contribution in [0.1, 0.15) is 131 Å². The number of carbonyl (C=O) groups excluding carboxylic acids is 12. The molecule has 0 fully saturated rings. The number of ether oxygens (including phenoxy) is 1. The summed E-state index contributed by atoms with van der Waals surface area (Å²) in [5.41, 5.74) is 18.9. The Morgan fingerprint density at radius 3 is 1.36 bits per heavy atom. The van der Waals surface area contributed by atoms with Crippen molar-refractivity contribution in [3.8, 4) is 0 Å². The smallest absolute Gasteiger partial charge is 0.347 e. The number of hydrogen-bond acceptors (Lipinski definition) is 31. The van der Waals surface area contributed by atoms with Crippen molar-refractivity contribution in [2.24, 2.45) is 10.7 Å². The van der Waals surface area contributed by atoms with Gasteiger partial charge in [-0.3, -0.25) is 102 Å². The fourth-order valence-corrected chi connectivity index (χ4v) is 12.2. The van der Waals surface area contributed by atoms with Gasteiger partial charge >= 0.3 is 11.9 Å². The number of nitrogens with two attached hydrogens (primary N) is 3. The number of esters is 2. The van der Waals surface area contributed by atoms with E-state index >= 15 is 0 Å². The van der Waals surface area contributed by atoms with Gasteiger partial charge in [0.25, 0.3) is 58.6 Å². The Morgan fingerprint density at radius 1 is 0.545 bits per heavy atom. The third-order valence-corrected chi connectivity index (χ3v) is 18.0. The lowest BCUT2D eigenvalue weighted by Crippen LogP contribution is -2.37. The number of nitro groups is 2. The van der Waals surface area contributed by atoms with Crippen LogP contribution in [-0.4, -0.2) is 261 Å². The minimum Gasteiger partial charge on any atom is -0.399 e. The van der Waals surface area contributed by atoms with Crippen molar-refractivity contribution in [3.63, 3.8) is 0 Å². The predicted molar refractivity (Wildman–Crippen MR) is 454 cm³/mol. The Balaban J connectivity index is 0.000000262. The molecule has 121 heavy (non-hydrogen) atoms. The Kier molecular flexibility index (Phi) is 35.7. The summed E-state index contributed by atoms with van der Waals surface area (Å²) in [6.45, 7) is 3.25. The van der Waals surface area contributed by atoms with Crippen LogP contribution in [0.25, 0.3) is 0 Å². The van der Waals surface area contributed by atoms with Gasteiger partial charge in [0.05, 0.1) is 113 Å². The molecule has 0 spiro atoms. The fourth-order valence-electron chi connectivity index (χ4n) is 11.0. The van der Waals surface area contributed by atoms with Gasteiger partial charge in [-0.15, -0.1) is 0 Å². The lowest BCUT2D eigenvalue weighted by atomic mass is 10.1. The molecule has 0 radical (unpaired) electrons. The summed E-state index contributed by atoms with van der Waals surface area (Å²) in [5, 5.41) is 26.3. The molecule has 0 aliphatic carbocycles. The number of hydrogen-bond donors (Lipinski definition) is 4. The molecule has 5 aliphatic heterocycles. The molecule has 0 unspecified atom stereocenters. The normalized spacial score (nSPS) is 13.0. The van der Waals surface area contributed by atoms with Crippen molar-refractivity contribution in [2.75, 3.05) is 139 Å². The van der Waals surface area contributed by atoms with Crippen LogP contribution in [0.2, 0.25) is 0 Å². The molecule has 0 bridgehead atoms. The number of carbonyl (C=O) groups is 12. The lowest BCUT2D eigenvalue weighted by Gasteiger charge is -2.18. The van der Waals surface area contributed by atoms with E-state index in [4.69, 9.17) is 40.4 Å². The number of thiocarbonyl (C=S) groups is 2. The highest BCUT2D eigenvalue weighted by Gasteiger charge is 2.40. The number of alkyl halides is 1. The summed E-state index contributed by atoms with van der Waals surface area (Å²) in [4.78, 5) is 184. The average molecular weight is 1830 g/mol. The summed E-state index contributed by atoms with van der Waals surface area (Å²) in [5.74, 6) is -9.71. The number of nitro benzene ring substituents is 2. The van der Waals surface area contributed by atoms with Crippen molar-refractivity contribution >= 4 is 194 Å². The second-order valence-corrected chi connectivity index (χ2v) is 30.3. The van der Waals surface area contributed by atoms with E-state index in [9.17, 15) is 95.3 Å². The molecule has 1 aromatic heterocycles. The highest BCUT2D eigenvalue weighted by Crippen LogP contribution is 2.35. The monoisotopic (exact) mass is 1830 g/mol. The van der Waals surface area contributed by atoms with Gasteiger partial charge < -0.3 is 37.1 Å². The highest BCUT2D eigenvalue weighted by atomic mass is 79.9. The minimum absolute atomic E-state index is 0. The zero-order valence-electron chi connectivity index (χ0n) is 65.6. The summed E-state index contributed by atoms with van der Waals surface area (Å²) >= 11 is 21.8. The number of nitrogens with zero attached hydrogens (tertiary/aromatic N) is 13. The first kappa shape index (κ1) is 97.7. The molecule has 7 N–H and O–H groups in total. The van der Waals surface area contributed by atoms with Crippen LogP contribution >= 0.6 is 74.9 Å². The topological polar surface area (TPSA) is 445 Å². The minimum atomic E-state index is -0.997. The number of benzene rings is 7. The molecule has 638 valence electrons. The summed E-state index contributed by atoms with van der Waals surface area (Å²) < 4.78 is 57.8. The third kappa shape index (κ3) is 25.5. The zero-order valence-corrected chi connectivity index (χ0v) is 71.2. The standard InChI is InChI=1S/C22H19F2N5O3S.C12H11N3O2S.C11H11N3O4.C11H13N3O2.C8H5BrF2O.C8H3NO5.C4H12N2.CCl2S.H2/c1-28(2)8-9-29-20(31)12-7-6-11(10-13(12)21(29)32)26-22-27-19(25)18(33-22)17(30)16-14(23)4-3-5-15(16)24;1-14(2)7-15-11(16)9-4-3-8(13-6-18)5-10(9)12(15)17;1-12(2)6-13-10(15)8-4-3-7(14(17)18)5-9(8)11(13)16;1-13(2)6-14-10(15)8-4-3-7(12)5-9(8)11(14)16;9-4-7(12)8-5(10)2-1-3-6(8)11;10-7-5-2-1-4(9(12)13)3-6(5)8(11)14-7;1-6(2)4-3-5;2-1(3)4;/h3-7,10H,8-9,25H2,1-2H3,(H,26,27);3-5H,7H2,1-2H3;3-5H,6H2,1-2H3;3-5H,6,12H2,1-2H3;1-3H,4H2;1-3H;3-5H2,1-2H3;;1H. The van der Waals surface area contributed by atoms with E-state index < -0.39 is 85.5 Å². The van der Waals surface area contributed by atoms with Crippen LogP contribution in [0.15, 0.2) is 132 Å². The van der Waals surface area contributed by atoms with Gasteiger partial charge in [0.2, 0.25) is 5.78 Å². The number of cyclic esters (lactones) is 2. The maximum Gasteiger partial charge on any atom is 0.347 e. The van der Waals surface area contributed by atoms with Gasteiger partial charge in [-0.1, -0.05) is 74.8 Å². The number of nitrogen functional groups attached to an aromatic ring is 2. The molecule has 6 heterocycles. The summed E-state index contributed by atoms with van der Waals surface area (Å²) in [6, 6.07) is 27.7. The number of halogens is 7. The number of amides is 8. The first-order chi connectivity index (χ1) is 56.9. The Bertz CT molecular complexity index is 5390. The number of isothiocyanates is 1. The van der Waals surface area contributed by atoms with E-state index in [0.29, 0.717) is 51.4 Å². The van der Waals surface area contributed by atoms with E-state index in [2.05, 4.69) is 70.5 Å². The number of Topliss-reactive ketones (excluding diaryl/α,β-unsaturated/α-hetero) is 1. The Hall–Kier alpha value is -12.2. The van der Waals surface area contributed by atoms with Crippen molar-refractivity contribution in [1.29, 1.82) is 0 Å². The van der Waals surface area contributed by atoms with Gasteiger partial charge in [-0.05, 0) is 174 Å². The SMILES string of the molecule is CN(C)CCN.CN(C)CCN1C(=O)c2ccc(Nc3nc(N)c(C(=O)c4c(F)cccc4F)s3)cc2C1=O.CN(C)CN1C(=O)c2ccc(N)cc2C1=O.CN(C)CN1C(=O)c2ccc(N=C=S)cc2C1=O.CN(C)CN1C(=O)c2ccc([N+](=O)[O-])cc2C1=O.O=C(CBr)c1c(F)cccc1F.O=C1OC(=O)c2cc([N+](=O)[O-])ccc21.S=C(Cl)Cl.[HH]. The maximum atomic E-state index is 14.0. The number of fused-ring (bicyclic) bond motifs is 5. The first-order valence-corrected chi connectivity index (χ1v) is 38.3. The van der Waals surface area contributed by atoms with Gasteiger partial charge in [0, 0.05) is 63.2 Å². The van der Waals surface area contributed by atoms with Gasteiger partial charge in [-0.2, -0.15) is 4.99 Å². The molecule has 0 saturated carbocycles. The van der Waals surface area contributed by atoms with Crippen LogP contribution in [0, 0.1) is 43.5 Å². The number of aliphatic imine (C=N–C) groups is 1. The molecule has 5 aliphatic rings. The Morgan fingerprint density at radius 2 is 0.926 bits per heavy atom. The lowest BCUT2D eigenvalue weighted by molar-refractivity contribution is -0.385. The summed E-state index contributed by atoms with van der Waals surface area (Å²) in [7, 11) is 18.4. The van der Waals surface area contributed by atoms with Crippen LogP contribution in [-0.2, 0) is 4.74 Å². The van der Waals surface area contributed by atoms with Crippen molar-refractivity contribution < 1.29 is 91.1 Å². The van der Waals surface area contributed by atoms with E-state index in [1.54, 1.807) is 99.5 Å².